The van der Waals surface area contributed by atoms with E-state index in [4.69, 9.17) is 14.2 Å². The summed E-state index contributed by atoms with van der Waals surface area (Å²) in [5.41, 5.74) is 1.78. The predicted octanol–water partition coefficient (Wildman–Crippen LogP) is 3.55. The van der Waals surface area contributed by atoms with Crippen LogP contribution in [0.1, 0.15) is 37.4 Å². The molecule has 0 radical (unpaired) electrons. The molecule has 26 heavy (non-hydrogen) atoms. The topological polar surface area (TPSA) is 56.8 Å². The highest BCUT2D eigenvalue weighted by atomic mass is 16.6. The van der Waals surface area contributed by atoms with Gasteiger partial charge in [0.15, 0.2) is 11.5 Å². The number of nitrogens with one attached hydrogen (secondary N) is 1. The van der Waals surface area contributed by atoms with Crippen LogP contribution in [0.4, 0.5) is 0 Å². The zero-order valence-electron chi connectivity index (χ0n) is 15.2. The number of carbonyl (C=O) groups excluding carboxylic acids is 1. The molecule has 0 saturated carbocycles. The largest absolute Gasteiger partial charge is 0.487 e. The molecule has 0 spiro atoms. The van der Waals surface area contributed by atoms with Crippen LogP contribution in [-0.4, -0.2) is 24.2 Å². The van der Waals surface area contributed by atoms with E-state index < -0.39 is 6.10 Å². The molecule has 4 rings (SSSR count). The van der Waals surface area contributed by atoms with Crippen molar-refractivity contribution < 1.29 is 19.0 Å². The lowest BCUT2D eigenvalue weighted by atomic mass is 9.89. The summed E-state index contributed by atoms with van der Waals surface area (Å²) >= 11 is 0. The number of ether oxygens (including phenoxy) is 3. The van der Waals surface area contributed by atoms with Gasteiger partial charge in [-0.1, -0.05) is 24.3 Å². The predicted molar refractivity (Wildman–Crippen MR) is 97.7 cm³/mol. The van der Waals surface area contributed by atoms with E-state index in [-0.39, 0.29) is 24.2 Å². The minimum atomic E-state index is -0.662. The van der Waals surface area contributed by atoms with Crippen molar-refractivity contribution in [1.29, 1.82) is 0 Å². The van der Waals surface area contributed by atoms with Crippen LogP contribution in [0.5, 0.6) is 17.2 Å². The van der Waals surface area contributed by atoms with Gasteiger partial charge >= 0.3 is 0 Å². The number of para-hydroxylation sites is 2. The van der Waals surface area contributed by atoms with Gasteiger partial charge in [-0.25, -0.2) is 0 Å². The molecule has 5 nitrogen and oxygen atoms in total. The van der Waals surface area contributed by atoms with Crippen LogP contribution in [0.25, 0.3) is 0 Å². The summed E-state index contributed by atoms with van der Waals surface area (Å²) in [4.78, 5) is 12.8. The highest BCUT2D eigenvalue weighted by molar-refractivity contribution is 5.82. The fourth-order valence-electron chi connectivity index (χ4n) is 3.50. The molecule has 136 valence electrons. The normalized spacial score (nSPS) is 22.7. The standard InChI is InChI=1S/C21H23NO4/c1-13-8-9-14-15(11-21(2,3)26-18(14)10-13)22-20(23)19-12-24-16-6-4-5-7-17(16)25-19/h4-10,15,19H,11-12H2,1-3H3,(H,22,23)/t15-,19+/m0/s1. The third-order valence-corrected chi connectivity index (χ3v) is 4.74. The molecule has 5 heteroatoms. The molecule has 1 amide bonds. The van der Waals surface area contributed by atoms with Gasteiger partial charge in [0.2, 0.25) is 6.10 Å². The molecule has 0 fully saturated rings. The number of hydrogen-bond donors (Lipinski definition) is 1. The molecule has 1 N–H and O–H groups in total. The van der Waals surface area contributed by atoms with Crippen LogP contribution < -0.4 is 19.5 Å². The smallest absolute Gasteiger partial charge is 0.265 e. The Morgan fingerprint density at radius 2 is 1.88 bits per heavy atom. The first-order valence-corrected chi connectivity index (χ1v) is 8.90. The van der Waals surface area contributed by atoms with Crippen molar-refractivity contribution in [3.63, 3.8) is 0 Å². The molecule has 0 bridgehead atoms. The number of rotatable bonds is 2. The summed E-state index contributed by atoms with van der Waals surface area (Å²) in [6.45, 7) is 6.31. The maximum atomic E-state index is 12.8. The van der Waals surface area contributed by atoms with Gasteiger partial charge in [0, 0.05) is 12.0 Å². The van der Waals surface area contributed by atoms with Crippen molar-refractivity contribution in [3.05, 3.63) is 53.6 Å². The fraction of sp³-hybridized carbons (Fsp3) is 0.381. The SMILES string of the molecule is Cc1ccc2c(c1)OC(C)(C)C[C@@H]2NC(=O)[C@H]1COc2ccccc2O1. The minimum absolute atomic E-state index is 0.123. The summed E-state index contributed by atoms with van der Waals surface area (Å²) in [6.07, 6.45) is 0.0312. The van der Waals surface area contributed by atoms with Crippen molar-refractivity contribution >= 4 is 5.91 Å². The molecule has 2 aliphatic rings. The molecule has 2 aromatic carbocycles. The summed E-state index contributed by atoms with van der Waals surface area (Å²) in [5.74, 6) is 1.93. The molecular formula is C21H23NO4. The second-order valence-electron chi connectivity index (χ2n) is 7.53. The van der Waals surface area contributed by atoms with Gasteiger partial charge in [0.25, 0.3) is 5.91 Å². The number of amides is 1. The Labute approximate surface area is 153 Å². The molecule has 0 saturated heterocycles. The van der Waals surface area contributed by atoms with Crippen molar-refractivity contribution in [2.45, 2.75) is 44.9 Å². The maximum Gasteiger partial charge on any atom is 0.265 e. The summed E-state index contributed by atoms with van der Waals surface area (Å²) in [7, 11) is 0. The highest BCUT2D eigenvalue weighted by Crippen LogP contribution is 2.40. The van der Waals surface area contributed by atoms with Crippen LogP contribution in [0.2, 0.25) is 0 Å². The Bertz CT molecular complexity index is 846. The van der Waals surface area contributed by atoms with Crippen LogP contribution in [-0.2, 0) is 4.79 Å². The van der Waals surface area contributed by atoms with Gasteiger partial charge in [-0.05, 0) is 44.5 Å². The molecule has 2 heterocycles. The number of hydrogen-bond acceptors (Lipinski definition) is 4. The Kier molecular flexibility index (Phi) is 4.02. The van der Waals surface area contributed by atoms with Crippen LogP contribution in [0, 0.1) is 6.92 Å². The summed E-state index contributed by atoms with van der Waals surface area (Å²) < 4.78 is 17.6. The van der Waals surface area contributed by atoms with Crippen molar-refractivity contribution in [3.8, 4) is 17.2 Å². The molecule has 0 unspecified atom stereocenters. The van der Waals surface area contributed by atoms with E-state index in [0.29, 0.717) is 17.9 Å². The third-order valence-electron chi connectivity index (χ3n) is 4.74. The van der Waals surface area contributed by atoms with Crippen molar-refractivity contribution in [2.75, 3.05) is 6.61 Å². The number of fused-ring (bicyclic) bond motifs is 2. The first kappa shape index (κ1) is 16.8. The Morgan fingerprint density at radius 3 is 2.69 bits per heavy atom. The van der Waals surface area contributed by atoms with Crippen LogP contribution in [0.15, 0.2) is 42.5 Å². The zero-order valence-corrected chi connectivity index (χ0v) is 15.2. The molecule has 2 aromatic rings. The van der Waals surface area contributed by atoms with E-state index in [0.717, 1.165) is 16.9 Å². The lowest BCUT2D eigenvalue weighted by Gasteiger charge is -2.38. The van der Waals surface area contributed by atoms with Gasteiger partial charge < -0.3 is 19.5 Å². The van der Waals surface area contributed by atoms with E-state index in [1.807, 2.05) is 63.2 Å². The minimum Gasteiger partial charge on any atom is -0.487 e. The molecule has 0 aromatic heterocycles. The van der Waals surface area contributed by atoms with Crippen molar-refractivity contribution in [1.82, 2.24) is 5.32 Å². The Morgan fingerprint density at radius 1 is 1.12 bits per heavy atom. The van der Waals surface area contributed by atoms with Crippen LogP contribution in [0.3, 0.4) is 0 Å². The first-order chi connectivity index (χ1) is 12.4. The average molecular weight is 353 g/mol. The van der Waals surface area contributed by atoms with E-state index in [1.54, 1.807) is 0 Å². The molecule has 0 aliphatic carbocycles. The number of carbonyl (C=O) groups is 1. The maximum absolute atomic E-state index is 12.8. The molecule has 2 atom stereocenters. The Hall–Kier alpha value is -2.69. The van der Waals surface area contributed by atoms with Gasteiger partial charge in [0.1, 0.15) is 18.0 Å². The second-order valence-corrected chi connectivity index (χ2v) is 7.53. The first-order valence-electron chi connectivity index (χ1n) is 8.90. The van der Waals surface area contributed by atoms with E-state index >= 15 is 0 Å². The monoisotopic (exact) mass is 353 g/mol. The number of aryl methyl sites for hydroxylation is 1. The molecule has 2 aliphatic heterocycles. The molecular weight excluding hydrogens is 330 g/mol. The van der Waals surface area contributed by atoms with Crippen molar-refractivity contribution in [2.24, 2.45) is 0 Å². The summed E-state index contributed by atoms with van der Waals surface area (Å²) in [6, 6.07) is 13.4. The van der Waals surface area contributed by atoms with Crippen LogP contribution >= 0.6 is 0 Å². The third kappa shape index (κ3) is 3.21. The summed E-state index contributed by atoms with van der Waals surface area (Å²) in [5, 5.41) is 3.13. The lowest BCUT2D eigenvalue weighted by molar-refractivity contribution is -0.131. The van der Waals surface area contributed by atoms with E-state index in [1.165, 1.54) is 0 Å². The fourth-order valence-corrected chi connectivity index (χ4v) is 3.50. The zero-order chi connectivity index (χ0) is 18.3. The van der Waals surface area contributed by atoms with Gasteiger partial charge in [-0.3, -0.25) is 4.79 Å². The number of benzene rings is 2. The van der Waals surface area contributed by atoms with Gasteiger partial charge in [-0.15, -0.1) is 0 Å². The Balaban J connectivity index is 1.53. The second kappa shape index (κ2) is 6.24. The van der Waals surface area contributed by atoms with Gasteiger partial charge in [0.05, 0.1) is 6.04 Å². The lowest BCUT2D eigenvalue weighted by Crippen LogP contribution is -2.48. The highest BCUT2D eigenvalue weighted by Gasteiger charge is 2.36. The van der Waals surface area contributed by atoms with E-state index in [9.17, 15) is 4.79 Å². The van der Waals surface area contributed by atoms with E-state index in [2.05, 4.69) is 5.32 Å². The van der Waals surface area contributed by atoms with Gasteiger partial charge in [-0.2, -0.15) is 0 Å². The average Bonchev–Trinajstić information content (AvgIpc) is 2.59. The quantitative estimate of drug-likeness (QED) is 0.897.